The van der Waals surface area contributed by atoms with E-state index in [0.717, 1.165) is 11.6 Å². The number of hydrogen-bond donors (Lipinski definition) is 0. The number of ether oxygens (including phenoxy) is 1. The van der Waals surface area contributed by atoms with Gasteiger partial charge in [-0.05, 0) is 54.4 Å². The van der Waals surface area contributed by atoms with Gasteiger partial charge in [0.25, 0.3) is 10.0 Å². The Morgan fingerprint density at radius 2 is 1.58 bits per heavy atom. The summed E-state index contributed by atoms with van der Waals surface area (Å²) in [5, 5.41) is 0.466. The van der Waals surface area contributed by atoms with Crippen molar-refractivity contribution in [2.24, 2.45) is 0 Å². The maximum Gasteiger partial charge on any atom is 0.338 e. The van der Waals surface area contributed by atoms with Gasteiger partial charge in [-0.3, -0.25) is 9.10 Å². The van der Waals surface area contributed by atoms with Crippen LogP contribution in [-0.4, -0.2) is 33.3 Å². The highest BCUT2D eigenvalue weighted by atomic mass is 35.5. The molecule has 0 amide bonds. The van der Waals surface area contributed by atoms with Crippen LogP contribution in [0.1, 0.15) is 26.3 Å². The van der Waals surface area contributed by atoms with E-state index in [1.807, 2.05) is 12.1 Å². The Labute approximate surface area is 205 Å². The van der Waals surface area contributed by atoms with Crippen molar-refractivity contribution < 1.29 is 22.7 Å². The van der Waals surface area contributed by atoms with Crippen LogP contribution in [0.2, 0.25) is 15.1 Å². The van der Waals surface area contributed by atoms with Crippen molar-refractivity contribution in [3.05, 3.63) is 92.4 Å². The molecule has 0 aromatic heterocycles. The highest BCUT2D eigenvalue weighted by Gasteiger charge is 2.32. The first-order valence-electron chi connectivity index (χ1n) is 9.74. The van der Waals surface area contributed by atoms with Crippen LogP contribution in [0.25, 0.3) is 0 Å². The number of halogens is 3. The summed E-state index contributed by atoms with van der Waals surface area (Å²) in [5.74, 6) is -1.35. The molecule has 0 N–H and O–H groups in total. The van der Waals surface area contributed by atoms with Crippen LogP contribution in [0.15, 0.2) is 65.6 Å². The van der Waals surface area contributed by atoms with Crippen LogP contribution >= 0.6 is 34.8 Å². The van der Waals surface area contributed by atoms with E-state index in [-0.39, 0.29) is 32.6 Å². The van der Waals surface area contributed by atoms with E-state index >= 15 is 0 Å². The third-order valence-electron chi connectivity index (χ3n) is 5.16. The molecule has 1 heterocycles. The molecular formula is C23H16Cl3NO5S. The van der Waals surface area contributed by atoms with Gasteiger partial charge in [0.1, 0.15) is 4.90 Å². The number of hydrogen-bond acceptors (Lipinski definition) is 5. The zero-order chi connectivity index (χ0) is 23.8. The Morgan fingerprint density at radius 3 is 2.33 bits per heavy atom. The first kappa shape index (κ1) is 23.6. The topological polar surface area (TPSA) is 80.8 Å². The Balaban J connectivity index is 1.54. The molecule has 0 unspecified atom stereocenters. The fraction of sp³-hybridized carbons (Fsp3) is 0.130. The van der Waals surface area contributed by atoms with Gasteiger partial charge in [0.15, 0.2) is 12.4 Å². The molecule has 0 saturated heterocycles. The molecule has 1 aliphatic rings. The SMILES string of the molecule is O=C(COC(=O)c1ccc(Cl)c(S(=O)(=O)N2CCc3ccccc32)c1)c1ccc(Cl)c(Cl)c1. The zero-order valence-corrected chi connectivity index (χ0v) is 20.0. The molecule has 0 atom stereocenters. The van der Waals surface area contributed by atoms with Gasteiger partial charge in [-0.15, -0.1) is 0 Å². The van der Waals surface area contributed by atoms with Gasteiger partial charge in [-0.25, -0.2) is 13.2 Å². The number of rotatable bonds is 6. The first-order valence-corrected chi connectivity index (χ1v) is 12.3. The van der Waals surface area contributed by atoms with Crippen LogP contribution in [0.4, 0.5) is 5.69 Å². The fourth-order valence-electron chi connectivity index (χ4n) is 3.47. The molecule has 0 fully saturated rings. The molecule has 10 heteroatoms. The molecule has 0 radical (unpaired) electrons. The summed E-state index contributed by atoms with van der Waals surface area (Å²) in [6.07, 6.45) is 0.575. The number of benzene rings is 3. The fourth-order valence-corrected chi connectivity index (χ4v) is 5.78. The Bertz CT molecular complexity index is 1370. The average Bonchev–Trinajstić information content (AvgIpc) is 3.24. The van der Waals surface area contributed by atoms with Gasteiger partial charge in [0.2, 0.25) is 0 Å². The second-order valence-corrected chi connectivity index (χ2v) is 10.3. The summed E-state index contributed by atoms with van der Waals surface area (Å²) < 4.78 is 33.0. The number of fused-ring (bicyclic) bond motifs is 1. The number of nitrogens with zero attached hydrogens (tertiary/aromatic N) is 1. The minimum absolute atomic E-state index is 0.0252. The van der Waals surface area contributed by atoms with Crippen LogP contribution in [0.3, 0.4) is 0 Å². The minimum atomic E-state index is -4.02. The normalized spacial score (nSPS) is 13.0. The molecule has 3 aromatic rings. The minimum Gasteiger partial charge on any atom is -0.454 e. The van der Waals surface area contributed by atoms with E-state index < -0.39 is 28.4 Å². The van der Waals surface area contributed by atoms with Gasteiger partial charge < -0.3 is 4.74 Å². The smallest absolute Gasteiger partial charge is 0.338 e. The predicted molar refractivity (Wildman–Crippen MR) is 127 cm³/mol. The van der Waals surface area contributed by atoms with E-state index in [0.29, 0.717) is 17.1 Å². The van der Waals surface area contributed by atoms with Crippen LogP contribution < -0.4 is 4.31 Å². The summed E-state index contributed by atoms with van der Waals surface area (Å²) >= 11 is 17.9. The van der Waals surface area contributed by atoms with Gasteiger partial charge in [0.05, 0.1) is 26.3 Å². The summed E-state index contributed by atoms with van der Waals surface area (Å²) in [7, 11) is -4.02. The van der Waals surface area contributed by atoms with Gasteiger partial charge in [0, 0.05) is 12.1 Å². The highest BCUT2D eigenvalue weighted by molar-refractivity contribution is 7.93. The molecule has 33 heavy (non-hydrogen) atoms. The van der Waals surface area contributed by atoms with Crippen molar-refractivity contribution in [1.29, 1.82) is 0 Å². The first-order chi connectivity index (χ1) is 15.7. The molecule has 4 rings (SSSR count). The Morgan fingerprint density at radius 1 is 0.879 bits per heavy atom. The second-order valence-electron chi connectivity index (χ2n) is 7.23. The molecule has 170 valence electrons. The molecule has 0 aliphatic carbocycles. The van der Waals surface area contributed by atoms with Crippen molar-refractivity contribution in [2.45, 2.75) is 11.3 Å². The number of Topliss-reactive ketones (excluding diaryl/α,β-unsaturated/α-hetero) is 1. The Hall–Kier alpha value is -2.58. The van der Waals surface area contributed by atoms with E-state index in [2.05, 4.69) is 0 Å². The number of esters is 1. The quantitative estimate of drug-likeness (QED) is 0.317. The molecule has 6 nitrogen and oxygen atoms in total. The van der Waals surface area contributed by atoms with Gasteiger partial charge >= 0.3 is 5.97 Å². The molecule has 0 saturated carbocycles. The molecule has 0 bridgehead atoms. The number of anilines is 1. The zero-order valence-electron chi connectivity index (χ0n) is 16.9. The number of ketones is 1. The van der Waals surface area contributed by atoms with E-state index in [1.165, 1.54) is 34.6 Å². The van der Waals surface area contributed by atoms with Crippen molar-refractivity contribution in [1.82, 2.24) is 0 Å². The van der Waals surface area contributed by atoms with Crippen LogP contribution in [0.5, 0.6) is 0 Å². The third kappa shape index (κ3) is 4.73. The summed E-state index contributed by atoms with van der Waals surface area (Å²) in [6, 6.07) is 15.3. The lowest BCUT2D eigenvalue weighted by Crippen LogP contribution is -2.29. The number of sulfonamides is 1. The number of carbonyl (C=O) groups excluding carboxylic acids is 2. The van der Waals surface area contributed by atoms with Crippen molar-refractivity contribution in [3.63, 3.8) is 0 Å². The maximum absolute atomic E-state index is 13.3. The molecule has 0 spiro atoms. The monoisotopic (exact) mass is 523 g/mol. The largest absolute Gasteiger partial charge is 0.454 e. The average molecular weight is 525 g/mol. The predicted octanol–water partition coefficient (Wildman–Crippen LogP) is 5.44. The lowest BCUT2D eigenvalue weighted by molar-refractivity contribution is 0.0474. The standard InChI is InChI=1S/C23H16Cl3NO5S/c24-17-7-5-15(11-19(17)26)21(28)13-32-23(29)16-6-8-18(25)22(12-16)33(30,31)27-10-9-14-3-1-2-4-20(14)27/h1-8,11-12H,9-10,13H2. The van der Waals surface area contributed by atoms with E-state index in [9.17, 15) is 18.0 Å². The summed E-state index contributed by atoms with van der Waals surface area (Å²) in [5.41, 5.74) is 1.67. The summed E-state index contributed by atoms with van der Waals surface area (Å²) in [6.45, 7) is -0.286. The number of carbonyl (C=O) groups is 2. The van der Waals surface area contributed by atoms with Crippen molar-refractivity contribution >= 4 is 62.3 Å². The van der Waals surface area contributed by atoms with Crippen LogP contribution in [0, 0.1) is 0 Å². The van der Waals surface area contributed by atoms with Gasteiger partial charge in [-0.2, -0.15) is 0 Å². The van der Waals surface area contributed by atoms with E-state index in [1.54, 1.807) is 12.1 Å². The maximum atomic E-state index is 13.3. The summed E-state index contributed by atoms with van der Waals surface area (Å²) in [4.78, 5) is 24.6. The number of para-hydroxylation sites is 1. The van der Waals surface area contributed by atoms with E-state index in [4.69, 9.17) is 39.5 Å². The lowest BCUT2D eigenvalue weighted by atomic mass is 10.1. The third-order valence-corrected chi connectivity index (χ3v) is 8.19. The second kappa shape index (κ2) is 9.35. The van der Waals surface area contributed by atoms with Crippen LogP contribution in [-0.2, 0) is 21.2 Å². The lowest BCUT2D eigenvalue weighted by Gasteiger charge is -2.20. The highest BCUT2D eigenvalue weighted by Crippen LogP contribution is 2.35. The molecule has 3 aromatic carbocycles. The van der Waals surface area contributed by atoms with Crippen molar-refractivity contribution in [2.75, 3.05) is 17.5 Å². The molecule has 1 aliphatic heterocycles. The van der Waals surface area contributed by atoms with Gasteiger partial charge in [-0.1, -0.05) is 53.0 Å². The van der Waals surface area contributed by atoms with Crippen molar-refractivity contribution in [3.8, 4) is 0 Å². The molecular weight excluding hydrogens is 509 g/mol. The Kier molecular flexibility index (Phi) is 6.68.